The Labute approximate surface area is 289 Å². The maximum Gasteiger partial charge on any atom is 0.162 e. The number of nitrogens with zero attached hydrogens (tertiary/aromatic N) is 4. The lowest BCUT2D eigenvalue weighted by molar-refractivity contribution is 0.356. The average Bonchev–Trinajstić information content (AvgIpc) is 3.14. The van der Waals surface area contributed by atoms with E-state index in [0.717, 1.165) is 39.0 Å². The first-order valence-electron chi connectivity index (χ1n) is 15.0. The number of rotatable bonds is 6. The highest BCUT2D eigenvalue weighted by Crippen LogP contribution is 2.35. The van der Waals surface area contributed by atoms with E-state index < -0.39 is 0 Å². The molecule has 6 rings (SSSR count). The Balaban J connectivity index is 0.000000372. The van der Waals surface area contributed by atoms with Crippen molar-refractivity contribution in [3.05, 3.63) is 103 Å². The summed E-state index contributed by atoms with van der Waals surface area (Å²) in [7, 11) is 6.36. The summed E-state index contributed by atoms with van der Waals surface area (Å²) in [6.07, 6.45) is 2.94. The van der Waals surface area contributed by atoms with Gasteiger partial charge in [-0.2, -0.15) is 0 Å². The van der Waals surface area contributed by atoms with Crippen molar-refractivity contribution in [2.45, 2.75) is 35.1 Å². The van der Waals surface area contributed by atoms with Gasteiger partial charge in [-0.1, -0.05) is 83.1 Å². The molecule has 0 spiro atoms. The van der Waals surface area contributed by atoms with Crippen molar-refractivity contribution >= 4 is 50.6 Å². The molecule has 11 heteroatoms. The van der Waals surface area contributed by atoms with Gasteiger partial charge in [0.1, 0.15) is 23.6 Å². The Kier molecular flexibility index (Phi) is 18.8. The lowest BCUT2D eigenvalue weighted by atomic mass is 10.2. The van der Waals surface area contributed by atoms with E-state index in [1.807, 2.05) is 100 Å². The number of nitrogens with one attached hydrogen (secondary N) is 1. The van der Waals surface area contributed by atoms with Crippen molar-refractivity contribution in [2.75, 3.05) is 39.5 Å². The van der Waals surface area contributed by atoms with Crippen molar-refractivity contribution < 1.29 is 18.9 Å². The molecular weight excluding hydrogens is 628 g/mol. The molecule has 2 heterocycles. The fraction of sp³-hybridized carbons (Fsp3) is 0.243. The summed E-state index contributed by atoms with van der Waals surface area (Å²) in [5.41, 5.74) is 8.67. The molecule has 0 atom stereocenters. The number of nitrogen functional groups attached to an aromatic ring is 1. The van der Waals surface area contributed by atoms with E-state index in [-0.39, 0.29) is 7.43 Å². The van der Waals surface area contributed by atoms with Crippen LogP contribution < -0.4 is 30.0 Å². The molecule has 3 N–H and O–H groups in total. The van der Waals surface area contributed by atoms with Gasteiger partial charge in [-0.05, 0) is 36.4 Å². The third-order valence-corrected chi connectivity index (χ3v) is 6.37. The van der Waals surface area contributed by atoms with Crippen LogP contribution in [0, 0.1) is 0 Å². The number of fused-ring (bicyclic) bond motifs is 2. The van der Waals surface area contributed by atoms with Gasteiger partial charge in [0.05, 0.1) is 39.5 Å². The number of hydrogen-bond acceptors (Lipinski definition) is 10. The van der Waals surface area contributed by atoms with E-state index in [1.165, 1.54) is 12.7 Å². The van der Waals surface area contributed by atoms with Gasteiger partial charge in [0, 0.05) is 34.3 Å². The first-order chi connectivity index (χ1) is 23.0. The van der Waals surface area contributed by atoms with Gasteiger partial charge >= 0.3 is 0 Å². The highest BCUT2D eigenvalue weighted by molar-refractivity contribution is 6.34. The molecule has 0 amide bonds. The van der Waals surface area contributed by atoms with E-state index in [9.17, 15) is 0 Å². The van der Waals surface area contributed by atoms with Crippen LogP contribution in [0.5, 0.6) is 23.0 Å². The molecule has 0 radical (unpaired) electrons. The summed E-state index contributed by atoms with van der Waals surface area (Å²) in [5.74, 6) is 3.26. The van der Waals surface area contributed by atoms with Crippen LogP contribution >= 0.6 is 11.6 Å². The number of anilines is 3. The number of halogens is 1. The number of para-hydroxylation sites is 2. The molecule has 10 nitrogen and oxygen atoms in total. The fourth-order valence-corrected chi connectivity index (χ4v) is 4.14. The van der Waals surface area contributed by atoms with Crippen LogP contribution in [0.15, 0.2) is 97.6 Å². The van der Waals surface area contributed by atoms with Gasteiger partial charge in [-0.15, -0.1) is 0 Å². The Morgan fingerprint density at radius 2 is 0.979 bits per heavy atom. The summed E-state index contributed by atoms with van der Waals surface area (Å²) in [5, 5.41) is 5.31. The van der Waals surface area contributed by atoms with Crippen molar-refractivity contribution in [3.63, 3.8) is 0 Å². The molecule has 0 bridgehead atoms. The highest BCUT2D eigenvalue weighted by Gasteiger charge is 2.11. The summed E-state index contributed by atoms with van der Waals surface area (Å²) >= 11 is 5.93. The molecule has 256 valence electrons. The average molecular weight is 675 g/mol. The standard InChI is InChI=1S/C16H15N3O2.C10H9ClN2O2.C6H7N.2C2H6.CH4/c1-20-14-8-12-13(9-15(14)21-2)17-10-18-16(12)19-11-6-4-3-5-7-11;1-14-8-3-6-7(4-9(8)15-2)12-5-13-10(6)11;7-6-4-2-1-3-5-6;2*1-2;/h3-10H,1-2H3,(H,17,18,19);3-5H,1-2H3;1-5H,7H2;2*1-2H3;1H4. The van der Waals surface area contributed by atoms with Crippen LogP contribution in [-0.2, 0) is 0 Å². The molecule has 0 fully saturated rings. The minimum absolute atomic E-state index is 0. The number of nitrogens with two attached hydrogens (primary N) is 1. The van der Waals surface area contributed by atoms with Gasteiger partial charge in [-0.3, -0.25) is 0 Å². The largest absolute Gasteiger partial charge is 0.493 e. The Hall–Kier alpha value is -5.35. The first kappa shape index (κ1) is 40.7. The van der Waals surface area contributed by atoms with Gasteiger partial charge < -0.3 is 30.0 Å². The number of methoxy groups -OCH3 is 4. The van der Waals surface area contributed by atoms with Crippen LogP contribution in [-0.4, -0.2) is 48.4 Å². The first-order valence-corrected chi connectivity index (χ1v) is 15.4. The molecule has 2 aromatic heterocycles. The van der Waals surface area contributed by atoms with Crippen molar-refractivity contribution in [1.29, 1.82) is 0 Å². The minimum Gasteiger partial charge on any atom is -0.493 e. The second-order valence-electron chi connectivity index (χ2n) is 8.74. The predicted molar refractivity (Wildman–Crippen MR) is 200 cm³/mol. The van der Waals surface area contributed by atoms with Crippen LogP contribution in [0.25, 0.3) is 21.8 Å². The molecule has 0 unspecified atom stereocenters. The zero-order valence-electron chi connectivity index (χ0n) is 28.1. The molecule has 0 saturated carbocycles. The van der Waals surface area contributed by atoms with E-state index in [0.29, 0.717) is 28.2 Å². The molecule has 4 aromatic carbocycles. The zero-order valence-corrected chi connectivity index (χ0v) is 28.9. The molecule has 6 aromatic rings. The number of ether oxygens (including phenoxy) is 4. The van der Waals surface area contributed by atoms with E-state index in [2.05, 4.69) is 25.3 Å². The lowest BCUT2D eigenvalue weighted by Gasteiger charge is -2.12. The molecule has 48 heavy (non-hydrogen) atoms. The molecule has 0 saturated heterocycles. The smallest absolute Gasteiger partial charge is 0.162 e. The van der Waals surface area contributed by atoms with Gasteiger partial charge in [-0.25, -0.2) is 19.9 Å². The number of benzene rings is 4. The zero-order chi connectivity index (χ0) is 34.6. The monoisotopic (exact) mass is 674 g/mol. The van der Waals surface area contributed by atoms with Gasteiger partial charge in [0.2, 0.25) is 0 Å². The summed E-state index contributed by atoms with van der Waals surface area (Å²) in [6, 6.07) is 26.6. The van der Waals surface area contributed by atoms with Crippen LogP contribution in [0.1, 0.15) is 35.1 Å². The van der Waals surface area contributed by atoms with E-state index >= 15 is 0 Å². The van der Waals surface area contributed by atoms with E-state index in [4.69, 9.17) is 36.3 Å². The Bertz CT molecular complexity index is 1780. The normalized spacial score (nSPS) is 9.27. The molecule has 0 aliphatic carbocycles. The summed E-state index contributed by atoms with van der Waals surface area (Å²) in [6.45, 7) is 8.00. The van der Waals surface area contributed by atoms with Crippen LogP contribution in [0.3, 0.4) is 0 Å². The number of aromatic nitrogens is 4. The Morgan fingerprint density at radius 3 is 1.44 bits per heavy atom. The summed E-state index contributed by atoms with van der Waals surface area (Å²) < 4.78 is 21.0. The van der Waals surface area contributed by atoms with Gasteiger partial charge in [0.25, 0.3) is 0 Å². The van der Waals surface area contributed by atoms with Crippen molar-refractivity contribution in [3.8, 4) is 23.0 Å². The molecule has 0 aliphatic heterocycles. The van der Waals surface area contributed by atoms with Crippen molar-refractivity contribution in [2.24, 2.45) is 0 Å². The third-order valence-electron chi connectivity index (χ3n) is 6.07. The van der Waals surface area contributed by atoms with Gasteiger partial charge in [0.15, 0.2) is 23.0 Å². The van der Waals surface area contributed by atoms with Crippen molar-refractivity contribution in [1.82, 2.24) is 19.9 Å². The summed E-state index contributed by atoms with van der Waals surface area (Å²) in [4.78, 5) is 16.6. The van der Waals surface area contributed by atoms with E-state index in [1.54, 1.807) is 40.6 Å². The lowest BCUT2D eigenvalue weighted by Crippen LogP contribution is -1.97. The quantitative estimate of drug-likeness (QED) is 0.130. The fourth-order valence-electron chi connectivity index (χ4n) is 3.95. The Morgan fingerprint density at radius 1 is 0.562 bits per heavy atom. The topological polar surface area (TPSA) is 127 Å². The predicted octanol–water partition coefficient (Wildman–Crippen LogP) is 9.65. The maximum absolute atomic E-state index is 5.93. The second kappa shape index (κ2) is 22.2. The van der Waals surface area contributed by atoms with Crippen LogP contribution in [0.2, 0.25) is 5.15 Å². The maximum atomic E-state index is 5.93. The molecular formula is C37H47ClN6O4. The molecule has 0 aliphatic rings. The third kappa shape index (κ3) is 11.5. The minimum atomic E-state index is 0. The second-order valence-corrected chi connectivity index (χ2v) is 9.10. The highest BCUT2D eigenvalue weighted by atomic mass is 35.5. The number of hydrogen-bond donors (Lipinski definition) is 2. The van der Waals surface area contributed by atoms with Crippen LogP contribution in [0.4, 0.5) is 17.2 Å². The SMILES string of the molecule is C.CC.CC.COc1cc2ncnc(Cl)c2cc1OC.COc1cc2ncnc(Nc3ccccc3)c2cc1OC.Nc1ccccc1.